The summed E-state index contributed by atoms with van der Waals surface area (Å²) in [4.78, 5) is 0. The van der Waals surface area contributed by atoms with E-state index in [1.807, 2.05) is 26.0 Å². The third-order valence-corrected chi connectivity index (χ3v) is 2.63. The zero-order valence-electron chi connectivity index (χ0n) is 8.98. The Balaban J connectivity index is 2.48. The first-order chi connectivity index (χ1) is 6.88. The molecule has 15 heavy (non-hydrogen) atoms. The van der Waals surface area contributed by atoms with Crippen molar-refractivity contribution in [3.05, 3.63) is 33.8 Å². The van der Waals surface area contributed by atoms with Crippen molar-refractivity contribution in [2.24, 2.45) is 5.73 Å². The van der Waals surface area contributed by atoms with Gasteiger partial charge in [0, 0.05) is 18.6 Å². The van der Waals surface area contributed by atoms with E-state index in [-0.39, 0.29) is 5.54 Å². The van der Waals surface area contributed by atoms with Crippen molar-refractivity contribution < 1.29 is 0 Å². The van der Waals surface area contributed by atoms with Gasteiger partial charge in [0.25, 0.3) is 0 Å². The average molecular weight is 247 g/mol. The molecule has 84 valence electrons. The van der Waals surface area contributed by atoms with Gasteiger partial charge in [0.15, 0.2) is 0 Å². The molecule has 4 heteroatoms. The molecule has 1 aromatic rings. The Bertz CT molecular complexity index is 332. The fourth-order valence-electron chi connectivity index (χ4n) is 1.18. The lowest BCUT2D eigenvalue weighted by Crippen LogP contribution is -2.42. The highest BCUT2D eigenvalue weighted by atomic mass is 35.5. The molecule has 0 saturated heterocycles. The van der Waals surface area contributed by atoms with Crippen LogP contribution in [0.3, 0.4) is 0 Å². The van der Waals surface area contributed by atoms with Crippen molar-refractivity contribution in [2.45, 2.75) is 25.9 Å². The van der Waals surface area contributed by atoms with Crippen LogP contribution in [0.5, 0.6) is 0 Å². The van der Waals surface area contributed by atoms with Gasteiger partial charge >= 0.3 is 0 Å². The number of benzene rings is 1. The van der Waals surface area contributed by atoms with Crippen LogP contribution in [0.4, 0.5) is 0 Å². The molecule has 0 aromatic heterocycles. The minimum Gasteiger partial charge on any atom is -0.324 e. The van der Waals surface area contributed by atoms with Gasteiger partial charge in [0.1, 0.15) is 0 Å². The highest BCUT2D eigenvalue weighted by molar-refractivity contribution is 6.42. The molecule has 0 bridgehead atoms. The number of hydrogen-bond acceptors (Lipinski definition) is 2. The maximum Gasteiger partial charge on any atom is 0.0595 e. The van der Waals surface area contributed by atoms with Crippen LogP contribution in [0.25, 0.3) is 0 Å². The summed E-state index contributed by atoms with van der Waals surface area (Å²) >= 11 is 11.7. The molecule has 0 atom stereocenters. The van der Waals surface area contributed by atoms with Crippen LogP contribution in [0.2, 0.25) is 10.0 Å². The molecule has 0 fully saturated rings. The first-order valence-corrected chi connectivity index (χ1v) is 5.57. The van der Waals surface area contributed by atoms with E-state index in [0.29, 0.717) is 10.0 Å². The van der Waals surface area contributed by atoms with Crippen LogP contribution in [-0.2, 0) is 6.54 Å². The summed E-state index contributed by atoms with van der Waals surface area (Å²) in [5.41, 5.74) is 6.75. The van der Waals surface area contributed by atoms with Gasteiger partial charge < -0.3 is 11.1 Å². The Morgan fingerprint density at radius 2 is 1.93 bits per heavy atom. The van der Waals surface area contributed by atoms with Gasteiger partial charge in [-0.25, -0.2) is 0 Å². The van der Waals surface area contributed by atoms with Crippen molar-refractivity contribution in [1.29, 1.82) is 0 Å². The third-order valence-electron chi connectivity index (χ3n) is 1.89. The molecule has 0 aliphatic carbocycles. The molecule has 3 N–H and O–H groups in total. The zero-order valence-corrected chi connectivity index (χ0v) is 10.5. The number of nitrogens with one attached hydrogen (secondary N) is 1. The first kappa shape index (κ1) is 12.8. The molecular weight excluding hydrogens is 231 g/mol. The van der Waals surface area contributed by atoms with Crippen LogP contribution in [0, 0.1) is 0 Å². The van der Waals surface area contributed by atoms with Crippen molar-refractivity contribution in [3.63, 3.8) is 0 Å². The van der Waals surface area contributed by atoms with Gasteiger partial charge in [-0.1, -0.05) is 29.3 Å². The zero-order chi connectivity index (χ0) is 11.5. The van der Waals surface area contributed by atoms with E-state index in [1.165, 1.54) is 0 Å². The molecule has 0 saturated carbocycles. The van der Waals surface area contributed by atoms with E-state index < -0.39 is 0 Å². The highest BCUT2D eigenvalue weighted by Crippen LogP contribution is 2.22. The highest BCUT2D eigenvalue weighted by Gasteiger charge is 2.09. The summed E-state index contributed by atoms with van der Waals surface area (Å²) in [5, 5.41) is 4.43. The summed E-state index contributed by atoms with van der Waals surface area (Å²) < 4.78 is 0. The molecule has 2 nitrogen and oxygen atoms in total. The van der Waals surface area contributed by atoms with E-state index in [1.54, 1.807) is 6.07 Å². The number of nitrogens with two attached hydrogens (primary N) is 1. The lowest BCUT2D eigenvalue weighted by atomic mass is 10.1. The normalized spacial score (nSPS) is 11.8. The summed E-state index contributed by atoms with van der Waals surface area (Å²) in [5.74, 6) is 0. The maximum absolute atomic E-state index is 5.90. The minimum absolute atomic E-state index is 0.198. The Labute approximate surface area is 101 Å². The standard InChI is InChI=1S/C11H16Cl2N2/c1-11(2,14)7-15-6-8-3-4-9(12)10(13)5-8/h3-5,15H,6-7,14H2,1-2H3. The molecule has 0 aliphatic rings. The van der Waals surface area contributed by atoms with Crippen LogP contribution in [0.1, 0.15) is 19.4 Å². The SMILES string of the molecule is CC(C)(N)CNCc1ccc(Cl)c(Cl)c1. The van der Waals surface area contributed by atoms with E-state index in [0.717, 1.165) is 18.7 Å². The molecular formula is C11H16Cl2N2. The van der Waals surface area contributed by atoms with Crippen molar-refractivity contribution in [1.82, 2.24) is 5.32 Å². The second-order valence-corrected chi connectivity index (χ2v) is 5.15. The average Bonchev–Trinajstić information content (AvgIpc) is 2.09. The van der Waals surface area contributed by atoms with Crippen LogP contribution in [0.15, 0.2) is 18.2 Å². The van der Waals surface area contributed by atoms with Gasteiger partial charge in [-0.3, -0.25) is 0 Å². The van der Waals surface area contributed by atoms with Gasteiger partial charge in [0.2, 0.25) is 0 Å². The third kappa shape index (κ3) is 4.85. The topological polar surface area (TPSA) is 38.0 Å². The van der Waals surface area contributed by atoms with Crippen LogP contribution < -0.4 is 11.1 Å². The van der Waals surface area contributed by atoms with E-state index in [9.17, 15) is 0 Å². The lowest BCUT2D eigenvalue weighted by Gasteiger charge is -2.19. The fraction of sp³-hybridized carbons (Fsp3) is 0.455. The number of rotatable bonds is 4. The first-order valence-electron chi connectivity index (χ1n) is 4.82. The Hall–Kier alpha value is -0.280. The van der Waals surface area contributed by atoms with Crippen molar-refractivity contribution >= 4 is 23.2 Å². The molecule has 0 radical (unpaired) electrons. The van der Waals surface area contributed by atoms with E-state index >= 15 is 0 Å². The summed E-state index contributed by atoms with van der Waals surface area (Å²) in [7, 11) is 0. The quantitative estimate of drug-likeness (QED) is 0.858. The summed E-state index contributed by atoms with van der Waals surface area (Å²) in [6.07, 6.45) is 0. The fourth-order valence-corrected chi connectivity index (χ4v) is 1.50. The monoisotopic (exact) mass is 246 g/mol. The minimum atomic E-state index is -0.198. The second kappa shape index (κ2) is 5.17. The van der Waals surface area contributed by atoms with Crippen molar-refractivity contribution in [3.8, 4) is 0 Å². The van der Waals surface area contributed by atoms with E-state index in [4.69, 9.17) is 28.9 Å². The predicted molar refractivity (Wildman–Crippen MR) is 66.4 cm³/mol. The van der Waals surface area contributed by atoms with Gasteiger partial charge in [-0.2, -0.15) is 0 Å². The maximum atomic E-state index is 5.90. The molecule has 1 aromatic carbocycles. The van der Waals surface area contributed by atoms with Crippen LogP contribution in [-0.4, -0.2) is 12.1 Å². The van der Waals surface area contributed by atoms with Crippen molar-refractivity contribution in [2.75, 3.05) is 6.54 Å². The smallest absolute Gasteiger partial charge is 0.0595 e. The molecule has 0 spiro atoms. The second-order valence-electron chi connectivity index (χ2n) is 4.34. The predicted octanol–water partition coefficient (Wildman–Crippen LogP) is 2.82. The number of halogens is 2. The molecule has 1 rings (SSSR count). The van der Waals surface area contributed by atoms with E-state index in [2.05, 4.69) is 5.32 Å². The number of hydrogen-bond donors (Lipinski definition) is 2. The summed E-state index contributed by atoms with van der Waals surface area (Å²) in [6, 6.07) is 5.61. The summed E-state index contributed by atoms with van der Waals surface area (Å²) in [6.45, 7) is 5.47. The van der Waals surface area contributed by atoms with Gasteiger partial charge in [0.05, 0.1) is 10.0 Å². The molecule has 0 unspecified atom stereocenters. The van der Waals surface area contributed by atoms with Gasteiger partial charge in [-0.15, -0.1) is 0 Å². The largest absolute Gasteiger partial charge is 0.324 e. The lowest BCUT2D eigenvalue weighted by molar-refractivity contribution is 0.466. The Morgan fingerprint density at radius 3 is 2.47 bits per heavy atom. The molecule has 0 aliphatic heterocycles. The Morgan fingerprint density at radius 1 is 1.27 bits per heavy atom. The van der Waals surface area contributed by atoms with Crippen LogP contribution >= 0.6 is 23.2 Å². The Kier molecular flexibility index (Phi) is 4.41. The molecule has 0 amide bonds. The van der Waals surface area contributed by atoms with Gasteiger partial charge in [-0.05, 0) is 31.5 Å². The molecule has 0 heterocycles.